The number of methoxy groups -OCH3 is 2. The van der Waals surface area contributed by atoms with Crippen LogP contribution in [0, 0.1) is 23.7 Å². The number of allylic oxidation sites excluding steroid dienone is 3. The van der Waals surface area contributed by atoms with Gasteiger partial charge in [0.05, 0.1) is 24.9 Å². The van der Waals surface area contributed by atoms with Crippen LogP contribution in [0.25, 0.3) is 0 Å². The lowest BCUT2D eigenvalue weighted by Crippen LogP contribution is -2.62. The number of esters is 1. The molecule has 14 nitrogen and oxygen atoms in total. The van der Waals surface area contributed by atoms with Gasteiger partial charge in [-0.05, 0) is 46.1 Å². The standard InChI is InChI=1S/C37H56O14/c1-19-14-15-28(39)47-23(5)26(18-45-34-32(44-9)31(43-8)29(40)24(6)48-34)12-10-11-13-27(38)20(2)16-21(3)30(19)50-35-33(41)37(17-22(4)46-35)25(7)49-36(42)51-37/h10-15,19-26,29-35,40-41H,16-18H2,1-9H3/b12-10+,13-11+,15-14+/t19-,20+,21+,22-,23+,24+,25-,26+,29+,30+,31+,32+,33-,34+,35-,37-/m1/s1. The number of ketones is 1. The fourth-order valence-electron chi connectivity index (χ4n) is 7.38. The van der Waals surface area contributed by atoms with Crippen LogP contribution in [0.1, 0.15) is 61.3 Å². The molecule has 4 aliphatic heterocycles. The van der Waals surface area contributed by atoms with Gasteiger partial charge in [-0.1, -0.05) is 45.1 Å². The van der Waals surface area contributed by atoms with Gasteiger partial charge in [0, 0.05) is 44.5 Å². The molecular weight excluding hydrogens is 668 g/mol. The van der Waals surface area contributed by atoms with Crippen molar-refractivity contribution >= 4 is 17.9 Å². The third kappa shape index (κ3) is 9.65. The minimum atomic E-state index is -1.36. The third-order valence-corrected chi connectivity index (χ3v) is 10.5. The van der Waals surface area contributed by atoms with E-state index in [1.165, 1.54) is 26.4 Å². The Hall–Kier alpha value is -2.69. The molecule has 0 unspecified atom stereocenters. The van der Waals surface area contributed by atoms with E-state index in [0.29, 0.717) is 6.42 Å². The summed E-state index contributed by atoms with van der Waals surface area (Å²) in [5, 5.41) is 22.0. The van der Waals surface area contributed by atoms with Crippen molar-refractivity contribution in [2.75, 3.05) is 20.8 Å². The molecule has 16 atom stereocenters. The highest BCUT2D eigenvalue weighted by Gasteiger charge is 2.61. The number of carbonyl (C=O) groups is 3. The van der Waals surface area contributed by atoms with Crippen molar-refractivity contribution in [1.29, 1.82) is 0 Å². The summed E-state index contributed by atoms with van der Waals surface area (Å²) in [6.07, 6.45) is 0.681. The van der Waals surface area contributed by atoms with Crippen molar-refractivity contribution in [3.63, 3.8) is 0 Å². The van der Waals surface area contributed by atoms with E-state index < -0.39 is 97.1 Å². The van der Waals surface area contributed by atoms with Gasteiger partial charge in [-0.25, -0.2) is 9.59 Å². The summed E-state index contributed by atoms with van der Waals surface area (Å²) in [5.74, 6) is -2.15. The molecule has 4 rings (SSSR count). The predicted octanol–water partition coefficient (Wildman–Crippen LogP) is 3.41. The predicted molar refractivity (Wildman–Crippen MR) is 181 cm³/mol. The number of aliphatic hydroxyl groups is 2. The van der Waals surface area contributed by atoms with Crippen molar-refractivity contribution in [2.45, 2.75) is 134 Å². The molecule has 0 bridgehead atoms. The van der Waals surface area contributed by atoms with Gasteiger partial charge >= 0.3 is 12.1 Å². The van der Waals surface area contributed by atoms with Crippen molar-refractivity contribution < 1.29 is 67.2 Å². The first-order chi connectivity index (χ1) is 24.1. The van der Waals surface area contributed by atoms with Crippen LogP contribution < -0.4 is 0 Å². The number of rotatable bonds is 7. The lowest BCUT2D eigenvalue weighted by molar-refractivity contribution is -0.308. The van der Waals surface area contributed by atoms with E-state index in [-0.39, 0.29) is 30.6 Å². The summed E-state index contributed by atoms with van der Waals surface area (Å²) in [5.41, 5.74) is -1.35. The summed E-state index contributed by atoms with van der Waals surface area (Å²) in [6, 6.07) is 0. The zero-order valence-corrected chi connectivity index (χ0v) is 31.0. The highest BCUT2D eigenvalue weighted by Crippen LogP contribution is 2.42. The van der Waals surface area contributed by atoms with E-state index in [4.69, 9.17) is 42.6 Å². The Morgan fingerprint density at radius 2 is 1.53 bits per heavy atom. The van der Waals surface area contributed by atoms with Crippen LogP contribution in [0.3, 0.4) is 0 Å². The van der Waals surface area contributed by atoms with E-state index in [2.05, 4.69) is 0 Å². The van der Waals surface area contributed by atoms with Gasteiger partial charge in [0.15, 0.2) is 24.0 Å². The molecule has 4 heterocycles. The molecule has 2 N–H and O–H groups in total. The van der Waals surface area contributed by atoms with Crippen molar-refractivity contribution in [3.05, 3.63) is 36.5 Å². The van der Waals surface area contributed by atoms with Crippen molar-refractivity contribution in [2.24, 2.45) is 23.7 Å². The quantitative estimate of drug-likeness (QED) is 0.366. The highest BCUT2D eigenvalue weighted by atomic mass is 16.8. The summed E-state index contributed by atoms with van der Waals surface area (Å²) in [6.45, 7) is 12.6. The van der Waals surface area contributed by atoms with Gasteiger partial charge in [-0.15, -0.1) is 0 Å². The molecule has 51 heavy (non-hydrogen) atoms. The van der Waals surface area contributed by atoms with E-state index in [1.54, 1.807) is 52.0 Å². The molecule has 288 valence electrons. The molecule has 3 saturated heterocycles. The van der Waals surface area contributed by atoms with Gasteiger partial charge < -0.3 is 52.8 Å². The molecular formula is C37H56O14. The molecule has 0 radical (unpaired) electrons. The second-order valence-electron chi connectivity index (χ2n) is 14.4. The van der Waals surface area contributed by atoms with Gasteiger partial charge in [0.1, 0.15) is 36.6 Å². The van der Waals surface area contributed by atoms with Gasteiger partial charge in [-0.2, -0.15) is 0 Å². The Morgan fingerprint density at radius 1 is 0.824 bits per heavy atom. The maximum atomic E-state index is 13.2. The highest BCUT2D eigenvalue weighted by molar-refractivity contribution is 5.91. The van der Waals surface area contributed by atoms with E-state index in [1.807, 2.05) is 20.8 Å². The summed E-state index contributed by atoms with van der Waals surface area (Å²) in [7, 11) is 2.96. The van der Waals surface area contributed by atoms with Crippen molar-refractivity contribution in [3.8, 4) is 0 Å². The minimum absolute atomic E-state index is 0.0586. The lowest BCUT2D eigenvalue weighted by Gasteiger charge is -2.46. The normalized spacial score (nSPS) is 46.2. The number of ether oxygens (including phenoxy) is 9. The van der Waals surface area contributed by atoms with Crippen LogP contribution in [0.2, 0.25) is 0 Å². The van der Waals surface area contributed by atoms with E-state index in [9.17, 15) is 24.6 Å². The average Bonchev–Trinajstić information content (AvgIpc) is 3.36. The van der Waals surface area contributed by atoms with Gasteiger partial charge in [0.2, 0.25) is 0 Å². The number of aliphatic hydroxyl groups excluding tert-OH is 2. The first-order valence-electron chi connectivity index (χ1n) is 17.8. The Morgan fingerprint density at radius 3 is 2.18 bits per heavy atom. The fourth-order valence-corrected chi connectivity index (χ4v) is 7.38. The van der Waals surface area contributed by atoms with Crippen LogP contribution in [-0.4, -0.2) is 122 Å². The number of cyclic esters (lactones) is 2. The molecule has 0 aromatic rings. The molecule has 3 fully saturated rings. The molecule has 0 aromatic carbocycles. The number of carbonyl (C=O) groups excluding carboxylic acids is 3. The molecule has 1 spiro atoms. The molecule has 0 aliphatic carbocycles. The Kier molecular flexibility index (Phi) is 14.4. The molecule has 0 saturated carbocycles. The SMILES string of the molecule is CO[C@@H]1[C@@H](OC[C@@H]2/C=C/C=C/C(=O)[C@@H](C)C[C@H](C)[C@@H](O[C@H]3O[C@H](C)C[C@]4(OC(=O)O[C@@H]4C)[C@@H]3O)[C@H](C)/C=C/C(=O)O[C@H]2C)O[C@@H](C)[C@H](O)[C@@H]1OC. The van der Waals surface area contributed by atoms with Gasteiger partial charge in [0.25, 0.3) is 0 Å². The van der Waals surface area contributed by atoms with Crippen LogP contribution >= 0.6 is 0 Å². The second-order valence-corrected chi connectivity index (χ2v) is 14.4. The van der Waals surface area contributed by atoms with Crippen LogP contribution in [0.5, 0.6) is 0 Å². The maximum absolute atomic E-state index is 13.2. The summed E-state index contributed by atoms with van der Waals surface area (Å²) < 4.78 is 52.1. The number of hydrogen-bond donors (Lipinski definition) is 2. The van der Waals surface area contributed by atoms with E-state index >= 15 is 0 Å². The van der Waals surface area contributed by atoms with Crippen LogP contribution in [0.4, 0.5) is 4.79 Å². The summed E-state index contributed by atoms with van der Waals surface area (Å²) >= 11 is 0. The Bertz CT molecular complexity index is 1280. The first-order valence-corrected chi connectivity index (χ1v) is 17.8. The third-order valence-electron chi connectivity index (χ3n) is 10.5. The molecule has 14 heteroatoms. The summed E-state index contributed by atoms with van der Waals surface area (Å²) in [4.78, 5) is 38.4. The molecule has 4 aliphatic rings. The first kappa shape index (κ1) is 41.1. The van der Waals surface area contributed by atoms with E-state index in [0.717, 1.165) is 0 Å². The zero-order chi connectivity index (χ0) is 37.6. The fraction of sp³-hybridized carbons (Fsp3) is 0.757. The maximum Gasteiger partial charge on any atom is 0.509 e. The number of hydrogen-bond acceptors (Lipinski definition) is 14. The lowest BCUT2D eigenvalue weighted by atomic mass is 9.82. The Labute approximate surface area is 300 Å². The monoisotopic (exact) mass is 724 g/mol. The average molecular weight is 725 g/mol. The van der Waals surface area contributed by atoms with Gasteiger partial charge in [-0.3, -0.25) is 4.79 Å². The second kappa shape index (κ2) is 17.9. The largest absolute Gasteiger partial charge is 0.509 e. The van der Waals surface area contributed by atoms with Crippen LogP contribution in [0.15, 0.2) is 36.5 Å². The smallest absolute Gasteiger partial charge is 0.459 e. The Balaban J connectivity index is 1.53. The van der Waals surface area contributed by atoms with Crippen LogP contribution in [-0.2, 0) is 52.2 Å². The van der Waals surface area contributed by atoms with Crippen molar-refractivity contribution in [1.82, 2.24) is 0 Å². The minimum Gasteiger partial charge on any atom is -0.459 e. The molecule has 0 aromatic heterocycles. The topological polar surface area (TPSA) is 175 Å². The molecule has 0 amide bonds. The zero-order valence-electron chi connectivity index (χ0n) is 31.0.